The summed E-state index contributed by atoms with van der Waals surface area (Å²) in [6.45, 7) is 0.438. The third-order valence-electron chi connectivity index (χ3n) is 2.93. The first kappa shape index (κ1) is 14.4. The zero-order valence-corrected chi connectivity index (χ0v) is 11.7. The fourth-order valence-electron chi connectivity index (χ4n) is 1.82. The Morgan fingerprint density at radius 1 is 1.40 bits per heavy atom. The second-order valence-electron chi connectivity index (χ2n) is 4.28. The van der Waals surface area contributed by atoms with Crippen molar-refractivity contribution in [3.63, 3.8) is 0 Å². The molecule has 0 aliphatic carbocycles. The van der Waals surface area contributed by atoms with Gasteiger partial charge in [-0.25, -0.2) is 13.8 Å². The fourth-order valence-corrected chi connectivity index (χ4v) is 1.98. The van der Waals surface area contributed by atoms with Crippen molar-refractivity contribution >= 4 is 22.9 Å². The van der Waals surface area contributed by atoms with Crippen LogP contribution < -0.4 is 11.1 Å². The van der Waals surface area contributed by atoms with Gasteiger partial charge in [-0.1, -0.05) is 12.2 Å². The monoisotopic (exact) mass is 296 g/mol. The average Bonchev–Trinajstić information content (AvgIpc) is 2.80. The molecule has 0 fully saturated rings. The van der Waals surface area contributed by atoms with E-state index in [0.717, 1.165) is 5.82 Å². The Morgan fingerprint density at radius 2 is 2.15 bits per heavy atom. The predicted octanol–water partition coefficient (Wildman–Crippen LogP) is 1.99. The van der Waals surface area contributed by atoms with Crippen molar-refractivity contribution in [1.29, 1.82) is 0 Å². The third kappa shape index (κ3) is 2.93. The van der Waals surface area contributed by atoms with Crippen LogP contribution in [0.1, 0.15) is 11.4 Å². The van der Waals surface area contributed by atoms with Crippen LogP contribution in [0.3, 0.4) is 0 Å². The highest BCUT2D eigenvalue weighted by atomic mass is 32.1. The molecule has 0 bridgehead atoms. The molecule has 7 heteroatoms. The number of halogens is 2. The van der Waals surface area contributed by atoms with Crippen LogP contribution in [-0.4, -0.2) is 21.1 Å². The van der Waals surface area contributed by atoms with Crippen LogP contribution in [0, 0.1) is 11.6 Å². The number of aryl methyl sites for hydroxylation is 1. The van der Waals surface area contributed by atoms with Crippen molar-refractivity contribution < 1.29 is 8.78 Å². The number of hydrogen-bond acceptors (Lipinski definition) is 3. The number of thiocarbonyl (C=S) groups is 1. The number of nitrogens with one attached hydrogen (secondary N) is 1. The first-order valence-corrected chi connectivity index (χ1v) is 6.39. The molecular formula is C13H14F2N4S. The lowest BCUT2D eigenvalue weighted by Crippen LogP contribution is -2.15. The Balaban J connectivity index is 2.05. The maximum atomic E-state index is 13.8. The fraction of sp³-hybridized carbons (Fsp3) is 0.231. The van der Waals surface area contributed by atoms with Crippen molar-refractivity contribution in [2.24, 2.45) is 12.8 Å². The first-order chi connectivity index (χ1) is 9.50. The molecule has 0 saturated carbocycles. The van der Waals surface area contributed by atoms with Gasteiger partial charge in [-0.05, 0) is 12.1 Å². The van der Waals surface area contributed by atoms with Gasteiger partial charge < -0.3 is 15.6 Å². The standard InChI is InChI=1S/C13H14F2N4S/c1-19-7-6-18-10(19)4-5-17-9-3-2-8(13(16)20)11(14)12(9)15/h2-3,6-7,17H,4-5H2,1H3,(H2,16,20). The summed E-state index contributed by atoms with van der Waals surface area (Å²) < 4.78 is 29.3. The molecule has 0 unspecified atom stereocenters. The Hall–Kier alpha value is -2.02. The van der Waals surface area contributed by atoms with Gasteiger partial charge >= 0.3 is 0 Å². The van der Waals surface area contributed by atoms with Gasteiger partial charge in [-0.3, -0.25) is 0 Å². The molecule has 0 amide bonds. The van der Waals surface area contributed by atoms with E-state index >= 15 is 0 Å². The molecule has 1 aromatic carbocycles. The van der Waals surface area contributed by atoms with Gasteiger partial charge in [0.1, 0.15) is 10.8 Å². The summed E-state index contributed by atoms with van der Waals surface area (Å²) >= 11 is 4.65. The number of hydrogen-bond donors (Lipinski definition) is 2. The lowest BCUT2D eigenvalue weighted by Gasteiger charge is -2.10. The van der Waals surface area contributed by atoms with E-state index < -0.39 is 11.6 Å². The largest absolute Gasteiger partial charge is 0.389 e. The summed E-state index contributed by atoms with van der Waals surface area (Å²) in [7, 11) is 1.87. The summed E-state index contributed by atoms with van der Waals surface area (Å²) in [4.78, 5) is 3.98. The molecule has 4 nitrogen and oxygen atoms in total. The molecule has 0 aliphatic heterocycles. The zero-order valence-electron chi connectivity index (χ0n) is 10.9. The molecule has 20 heavy (non-hydrogen) atoms. The van der Waals surface area contributed by atoms with Crippen LogP contribution in [0.25, 0.3) is 0 Å². The molecule has 0 atom stereocenters. The third-order valence-corrected chi connectivity index (χ3v) is 3.15. The quantitative estimate of drug-likeness (QED) is 0.829. The number of imidazole rings is 1. The highest BCUT2D eigenvalue weighted by Crippen LogP contribution is 2.20. The number of nitrogens with two attached hydrogens (primary N) is 1. The van der Waals surface area contributed by atoms with Crippen molar-refractivity contribution in [3.8, 4) is 0 Å². The molecule has 1 heterocycles. The molecule has 106 valence electrons. The SMILES string of the molecule is Cn1ccnc1CCNc1ccc(C(N)=S)c(F)c1F. The van der Waals surface area contributed by atoms with Crippen molar-refractivity contribution in [1.82, 2.24) is 9.55 Å². The van der Waals surface area contributed by atoms with E-state index in [-0.39, 0.29) is 16.2 Å². The van der Waals surface area contributed by atoms with Gasteiger partial charge in [-0.15, -0.1) is 0 Å². The zero-order chi connectivity index (χ0) is 14.7. The predicted molar refractivity (Wildman–Crippen MR) is 77.6 cm³/mol. The van der Waals surface area contributed by atoms with Crippen LogP contribution in [-0.2, 0) is 13.5 Å². The molecule has 2 aromatic rings. The number of rotatable bonds is 5. The molecule has 0 spiro atoms. The minimum atomic E-state index is -1.03. The summed E-state index contributed by atoms with van der Waals surface area (Å²) in [5.74, 6) is -1.15. The van der Waals surface area contributed by atoms with E-state index in [1.165, 1.54) is 12.1 Å². The van der Waals surface area contributed by atoms with Gasteiger partial charge in [0.05, 0.1) is 5.69 Å². The van der Waals surface area contributed by atoms with Crippen LogP contribution in [0.2, 0.25) is 0 Å². The number of aromatic nitrogens is 2. The van der Waals surface area contributed by atoms with Crippen LogP contribution >= 0.6 is 12.2 Å². The van der Waals surface area contributed by atoms with E-state index in [2.05, 4.69) is 22.5 Å². The van der Waals surface area contributed by atoms with Crippen molar-refractivity contribution in [2.75, 3.05) is 11.9 Å². The van der Waals surface area contributed by atoms with Gasteiger partial charge in [0.15, 0.2) is 11.6 Å². The molecule has 1 aromatic heterocycles. The van der Waals surface area contributed by atoms with Crippen molar-refractivity contribution in [2.45, 2.75) is 6.42 Å². The normalized spacial score (nSPS) is 10.6. The van der Waals surface area contributed by atoms with E-state index in [1.54, 1.807) is 6.20 Å². The summed E-state index contributed by atoms with van der Waals surface area (Å²) in [5.41, 5.74) is 5.30. The van der Waals surface area contributed by atoms with Gasteiger partial charge in [0, 0.05) is 38.0 Å². The van der Waals surface area contributed by atoms with Gasteiger partial charge in [-0.2, -0.15) is 0 Å². The lowest BCUT2D eigenvalue weighted by molar-refractivity contribution is 0.509. The smallest absolute Gasteiger partial charge is 0.182 e. The molecular weight excluding hydrogens is 282 g/mol. The van der Waals surface area contributed by atoms with E-state index in [9.17, 15) is 8.78 Å². The maximum absolute atomic E-state index is 13.8. The first-order valence-electron chi connectivity index (χ1n) is 5.98. The topological polar surface area (TPSA) is 55.9 Å². The molecule has 3 N–H and O–H groups in total. The van der Waals surface area contributed by atoms with Crippen molar-refractivity contribution in [3.05, 3.63) is 47.5 Å². The Bertz CT molecular complexity index is 639. The van der Waals surface area contributed by atoms with Gasteiger partial charge in [0.25, 0.3) is 0 Å². The van der Waals surface area contributed by atoms with Crippen LogP contribution in [0.5, 0.6) is 0 Å². The second-order valence-corrected chi connectivity index (χ2v) is 4.72. The number of anilines is 1. The number of nitrogens with zero attached hydrogens (tertiary/aromatic N) is 2. The molecule has 0 radical (unpaired) electrons. The Kier molecular flexibility index (Phi) is 4.29. The highest BCUT2D eigenvalue weighted by molar-refractivity contribution is 7.80. The molecule has 2 rings (SSSR count). The highest BCUT2D eigenvalue weighted by Gasteiger charge is 2.14. The van der Waals surface area contributed by atoms with E-state index in [0.29, 0.717) is 13.0 Å². The van der Waals surface area contributed by atoms with E-state index in [4.69, 9.17) is 5.73 Å². The number of benzene rings is 1. The minimum absolute atomic E-state index is 0.0803. The second kappa shape index (κ2) is 5.96. The summed E-state index contributed by atoms with van der Waals surface area (Å²) in [6.07, 6.45) is 4.11. The molecule has 0 saturated heterocycles. The Labute approximate surface area is 120 Å². The molecule has 0 aliphatic rings. The maximum Gasteiger partial charge on any atom is 0.182 e. The van der Waals surface area contributed by atoms with Gasteiger partial charge in [0.2, 0.25) is 0 Å². The Morgan fingerprint density at radius 3 is 2.75 bits per heavy atom. The summed E-state index contributed by atoms with van der Waals surface area (Å²) in [5, 5.41) is 2.83. The van der Waals surface area contributed by atoms with Crippen LogP contribution in [0.15, 0.2) is 24.5 Å². The minimum Gasteiger partial charge on any atom is -0.389 e. The summed E-state index contributed by atoms with van der Waals surface area (Å²) in [6, 6.07) is 2.79. The lowest BCUT2D eigenvalue weighted by atomic mass is 10.1. The average molecular weight is 296 g/mol. The van der Waals surface area contributed by atoms with E-state index in [1.807, 2.05) is 17.8 Å². The van der Waals surface area contributed by atoms with Crippen LogP contribution in [0.4, 0.5) is 14.5 Å².